The lowest BCUT2D eigenvalue weighted by atomic mass is 10.1. The summed E-state index contributed by atoms with van der Waals surface area (Å²) in [6.07, 6.45) is 7.44. The molecule has 2 rings (SSSR count). The topological polar surface area (TPSA) is 6.48 Å². The molecule has 1 unspecified atom stereocenters. The molecule has 0 aromatic rings. The Morgan fingerprint density at radius 3 is 2.75 bits per heavy atom. The van der Waals surface area contributed by atoms with Gasteiger partial charge in [0.05, 0.1) is 11.9 Å². The average Bonchev–Trinajstić information content (AvgIpc) is 2.33. The van der Waals surface area contributed by atoms with Crippen LogP contribution < -0.4 is 0 Å². The molecule has 0 spiro atoms. The van der Waals surface area contributed by atoms with Crippen molar-refractivity contribution in [3.05, 3.63) is 23.5 Å². The molecule has 2 heteroatoms. The first-order valence-corrected chi connectivity index (χ1v) is 4.57. The molecule has 1 aliphatic carbocycles. The zero-order valence-corrected chi connectivity index (χ0v) is 8.04. The van der Waals surface area contributed by atoms with Crippen LogP contribution in [0.1, 0.15) is 19.8 Å². The van der Waals surface area contributed by atoms with Crippen LogP contribution in [-0.2, 0) is 0 Å². The number of hydrogen-bond acceptors (Lipinski definition) is 2. The van der Waals surface area contributed by atoms with Crippen LogP contribution in [0.2, 0.25) is 0 Å². The number of nitrogens with zero attached hydrogens (tertiary/aromatic N) is 2. The second-order valence-corrected chi connectivity index (χ2v) is 3.63. The van der Waals surface area contributed by atoms with E-state index in [0.717, 1.165) is 0 Å². The van der Waals surface area contributed by atoms with Crippen molar-refractivity contribution < 1.29 is 0 Å². The van der Waals surface area contributed by atoms with Gasteiger partial charge in [-0.15, -0.1) is 0 Å². The summed E-state index contributed by atoms with van der Waals surface area (Å²) < 4.78 is 0. The van der Waals surface area contributed by atoms with E-state index in [0.29, 0.717) is 6.17 Å². The summed E-state index contributed by atoms with van der Waals surface area (Å²) >= 11 is 0. The number of allylic oxidation sites excluding steroid dienone is 3. The van der Waals surface area contributed by atoms with Crippen molar-refractivity contribution in [3.8, 4) is 0 Å². The zero-order chi connectivity index (χ0) is 8.72. The second kappa shape index (κ2) is 2.54. The van der Waals surface area contributed by atoms with E-state index in [4.69, 9.17) is 0 Å². The van der Waals surface area contributed by atoms with Crippen LogP contribution in [0, 0.1) is 0 Å². The van der Waals surface area contributed by atoms with Crippen molar-refractivity contribution >= 4 is 0 Å². The summed E-state index contributed by atoms with van der Waals surface area (Å²) in [5, 5.41) is 0. The van der Waals surface area contributed by atoms with Crippen LogP contribution >= 0.6 is 0 Å². The zero-order valence-electron chi connectivity index (χ0n) is 8.04. The van der Waals surface area contributed by atoms with Crippen molar-refractivity contribution in [2.75, 3.05) is 14.1 Å². The fraction of sp³-hybridized carbons (Fsp3) is 0.600. The molecule has 12 heavy (non-hydrogen) atoms. The summed E-state index contributed by atoms with van der Waals surface area (Å²) in [7, 11) is 4.35. The Balaban J connectivity index is 2.35. The van der Waals surface area contributed by atoms with Crippen molar-refractivity contribution in [2.24, 2.45) is 0 Å². The Hall–Kier alpha value is -0.920. The minimum absolute atomic E-state index is 0.526. The lowest BCUT2D eigenvalue weighted by Gasteiger charge is -2.25. The molecule has 0 bridgehead atoms. The van der Waals surface area contributed by atoms with E-state index in [1.165, 1.54) is 24.2 Å². The van der Waals surface area contributed by atoms with Crippen molar-refractivity contribution in [1.29, 1.82) is 0 Å². The average molecular weight is 164 g/mol. The molecule has 1 aliphatic heterocycles. The smallest absolute Gasteiger partial charge is 0.0979 e. The third kappa shape index (κ3) is 0.872. The van der Waals surface area contributed by atoms with Gasteiger partial charge in [0, 0.05) is 19.8 Å². The van der Waals surface area contributed by atoms with Crippen LogP contribution in [0.5, 0.6) is 0 Å². The van der Waals surface area contributed by atoms with Crippen LogP contribution in [-0.4, -0.2) is 30.1 Å². The first kappa shape index (κ1) is 7.71. The molecule has 1 heterocycles. The van der Waals surface area contributed by atoms with Gasteiger partial charge in [0.25, 0.3) is 0 Å². The minimum Gasteiger partial charge on any atom is -0.356 e. The van der Waals surface area contributed by atoms with E-state index in [1.807, 2.05) is 0 Å². The van der Waals surface area contributed by atoms with Gasteiger partial charge in [-0.05, 0) is 25.8 Å². The molecule has 0 aromatic carbocycles. The van der Waals surface area contributed by atoms with Gasteiger partial charge in [0.15, 0.2) is 0 Å². The predicted octanol–water partition coefficient (Wildman–Crippen LogP) is 1.77. The highest BCUT2D eigenvalue weighted by atomic mass is 15.4. The Morgan fingerprint density at radius 2 is 2.08 bits per heavy atom. The Labute approximate surface area is 74.2 Å². The number of rotatable bonds is 0. The first-order valence-electron chi connectivity index (χ1n) is 4.57. The highest BCUT2D eigenvalue weighted by molar-refractivity contribution is 5.31. The third-order valence-electron chi connectivity index (χ3n) is 3.05. The third-order valence-corrected chi connectivity index (χ3v) is 3.05. The first-order chi connectivity index (χ1) is 5.72. The maximum atomic E-state index is 2.37. The Morgan fingerprint density at radius 1 is 1.33 bits per heavy atom. The molecule has 1 atom stereocenters. The van der Waals surface area contributed by atoms with E-state index in [2.05, 4.69) is 43.0 Å². The molecular formula is C10H16N2. The van der Waals surface area contributed by atoms with Crippen LogP contribution in [0.3, 0.4) is 0 Å². The van der Waals surface area contributed by atoms with E-state index in [-0.39, 0.29) is 0 Å². The van der Waals surface area contributed by atoms with Gasteiger partial charge < -0.3 is 9.80 Å². The Bertz CT molecular complexity index is 253. The summed E-state index contributed by atoms with van der Waals surface area (Å²) in [5.74, 6) is 0. The Kier molecular flexibility index (Phi) is 1.63. The van der Waals surface area contributed by atoms with Gasteiger partial charge in [-0.25, -0.2) is 0 Å². The van der Waals surface area contributed by atoms with Gasteiger partial charge in [0.2, 0.25) is 0 Å². The number of likely N-dealkylation sites (N-methyl/N-ethyl adjacent to an activating group) is 1. The molecule has 0 radical (unpaired) electrons. The summed E-state index contributed by atoms with van der Waals surface area (Å²) in [4.78, 5) is 4.71. The molecule has 0 fully saturated rings. The van der Waals surface area contributed by atoms with E-state index < -0.39 is 0 Å². The fourth-order valence-corrected chi connectivity index (χ4v) is 2.00. The molecule has 2 aliphatic rings. The quantitative estimate of drug-likeness (QED) is 0.538. The standard InChI is InChI=1S/C10H16N2/c1-8-11(2)9-6-4-5-7-10(9)12(8)3/h4,6,8H,5,7H2,1-3H3. The van der Waals surface area contributed by atoms with Gasteiger partial charge in [-0.3, -0.25) is 0 Å². The van der Waals surface area contributed by atoms with Crippen LogP contribution in [0.15, 0.2) is 23.5 Å². The largest absolute Gasteiger partial charge is 0.356 e. The van der Waals surface area contributed by atoms with Gasteiger partial charge in [-0.1, -0.05) is 6.08 Å². The van der Waals surface area contributed by atoms with Crippen molar-refractivity contribution in [3.63, 3.8) is 0 Å². The monoisotopic (exact) mass is 164 g/mol. The van der Waals surface area contributed by atoms with Gasteiger partial charge >= 0.3 is 0 Å². The molecule has 0 amide bonds. The highest BCUT2D eigenvalue weighted by Crippen LogP contribution is 2.32. The predicted molar refractivity (Wildman–Crippen MR) is 50.4 cm³/mol. The summed E-state index contributed by atoms with van der Waals surface area (Å²) in [6.45, 7) is 2.24. The van der Waals surface area contributed by atoms with Gasteiger partial charge in [0.1, 0.15) is 0 Å². The van der Waals surface area contributed by atoms with Gasteiger partial charge in [-0.2, -0.15) is 0 Å². The lowest BCUT2D eigenvalue weighted by Crippen LogP contribution is -2.32. The van der Waals surface area contributed by atoms with Crippen LogP contribution in [0.4, 0.5) is 0 Å². The molecule has 0 saturated heterocycles. The summed E-state index contributed by atoms with van der Waals surface area (Å²) in [5.41, 5.74) is 2.92. The molecule has 66 valence electrons. The molecule has 0 N–H and O–H groups in total. The number of hydrogen-bond donors (Lipinski definition) is 0. The second-order valence-electron chi connectivity index (χ2n) is 3.63. The highest BCUT2D eigenvalue weighted by Gasteiger charge is 2.29. The van der Waals surface area contributed by atoms with E-state index >= 15 is 0 Å². The molecule has 0 aromatic heterocycles. The maximum Gasteiger partial charge on any atom is 0.0979 e. The normalized spacial score (nSPS) is 28.4. The van der Waals surface area contributed by atoms with Crippen molar-refractivity contribution in [2.45, 2.75) is 25.9 Å². The lowest BCUT2D eigenvalue weighted by molar-refractivity contribution is 0.209. The van der Waals surface area contributed by atoms with Crippen LogP contribution in [0.25, 0.3) is 0 Å². The molecule has 2 nitrogen and oxygen atoms in total. The molecule has 0 saturated carbocycles. The minimum atomic E-state index is 0.526. The fourth-order valence-electron chi connectivity index (χ4n) is 2.00. The SMILES string of the molecule is CC1N(C)C2=C(CCC=C2)N1C. The van der Waals surface area contributed by atoms with E-state index in [1.54, 1.807) is 0 Å². The maximum absolute atomic E-state index is 2.37. The summed E-state index contributed by atoms with van der Waals surface area (Å²) in [6, 6.07) is 0. The van der Waals surface area contributed by atoms with Crippen molar-refractivity contribution in [1.82, 2.24) is 9.80 Å². The van der Waals surface area contributed by atoms with E-state index in [9.17, 15) is 0 Å². The molecular weight excluding hydrogens is 148 g/mol.